The summed E-state index contributed by atoms with van der Waals surface area (Å²) in [6.45, 7) is 4.53. The Bertz CT molecular complexity index is 166. The molecule has 0 aliphatic heterocycles. The van der Waals surface area contributed by atoms with Gasteiger partial charge in [-0.3, -0.25) is 0 Å². The number of allylic oxidation sites excluding steroid dienone is 4. The summed E-state index contributed by atoms with van der Waals surface area (Å²) in [5, 5.41) is 0. The maximum atomic E-state index is 3.47. The summed E-state index contributed by atoms with van der Waals surface area (Å²) in [6.07, 6.45) is 7.85. The van der Waals surface area contributed by atoms with E-state index < -0.39 is 0 Å². The van der Waals surface area contributed by atoms with Crippen LogP contribution in [-0.4, -0.2) is 0 Å². The average Bonchev–Trinajstić information content (AvgIpc) is 1.88. The molecule has 0 saturated heterocycles. The molecular formula is C9H13Br. The lowest BCUT2D eigenvalue weighted by Gasteiger charge is -2.17. The normalized spacial score (nSPS) is 25.2. The molecule has 0 heterocycles. The lowest BCUT2D eigenvalue weighted by atomic mass is 9.90. The molecule has 0 amide bonds. The van der Waals surface area contributed by atoms with E-state index in [0.29, 0.717) is 0 Å². The second kappa shape index (κ2) is 3.38. The van der Waals surface area contributed by atoms with Crippen molar-refractivity contribution in [2.24, 2.45) is 11.8 Å². The Balaban J connectivity index is 2.60. The molecule has 0 fully saturated rings. The summed E-state index contributed by atoms with van der Waals surface area (Å²) in [5.74, 6) is 1.50. The van der Waals surface area contributed by atoms with Crippen LogP contribution in [0.5, 0.6) is 0 Å². The molecule has 0 bridgehead atoms. The topological polar surface area (TPSA) is 0 Å². The highest BCUT2D eigenvalue weighted by molar-refractivity contribution is 9.11. The van der Waals surface area contributed by atoms with Gasteiger partial charge in [-0.2, -0.15) is 0 Å². The minimum Gasteiger partial charge on any atom is -0.0828 e. The Hall–Kier alpha value is -0.0400. The molecule has 1 rings (SSSR count). The maximum absolute atomic E-state index is 3.47. The van der Waals surface area contributed by atoms with Gasteiger partial charge in [0.05, 0.1) is 0 Å². The van der Waals surface area contributed by atoms with Gasteiger partial charge < -0.3 is 0 Å². The molecule has 0 N–H and O–H groups in total. The van der Waals surface area contributed by atoms with Crippen LogP contribution in [0.2, 0.25) is 0 Å². The van der Waals surface area contributed by atoms with Gasteiger partial charge in [-0.15, -0.1) is 0 Å². The summed E-state index contributed by atoms with van der Waals surface area (Å²) in [5.41, 5.74) is 0. The smallest absolute Gasteiger partial charge is 0.0135 e. The molecule has 0 aromatic carbocycles. The molecule has 1 atom stereocenters. The number of hydrogen-bond acceptors (Lipinski definition) is 0. The first-order valence-electron chi connectivity index (χ1n) is 3.74. The Morgan fingerprint density at radius 3 is 2.70 bits per heavy atom. The van der Waals surface area contributed by atoms with Crippen LogP contribution in [0.1, 0.15) is 20.3 Å². The monoisotopic (exact) mass is 200 g/mol. The van der Waals surface area contributed by atoms with Crippen molar-refractivity contribution in [1.29, 1.82) is 0 Å². The fourth-order valence-electron chi connectivity index (χ4n) is 1.13. The van der Waals surface area contributed by atoms with E-state index in [-0.39, 0.29) is 0 Å². The van der Waals surface area contributed by atoms with Gasteiger partial charge >= 0.3 is 0 Å². The van der Waals surface area contributed by atoms with E-state index in [1.807, 2.05) is 0 Å². The number of hydrogen-bond donors (Lipinski definition) is 0. The molecule has 10 heavy (non-hydrogen) atoms. The van der Waals surface area contributed by atoms with Gasteiger partial charge in [0.25, 0.3) is 0 Å². The van der Waals surface area contributed by atoms with Crippen molar-refractivity contribution >= 4 is 15.9 Å². The van der Waals surface area contributed by atoms with Gasteiger partial charge in [0.1, 0.15) is 0 Å². The third-order valence-electron chi connectivity index (χ3n) is 1.91. The van der Waals surface area contributed by atoms with Crippen LogP contribution in [0.4, 0.5) is 0 Å². The van der Waals surface area contributed by atoms with Gasteiger partial charge in [-0.25, -0.2) is 0 Å². The van der Waals surface area contributed by atoms with E-state index in [4.69, 9.17) is 0 Å². The van der Waals surface area contributed by atoms with Gasteiger partial charge in [-0.05, 0) is 18.3 Å². The first kappa shape index (κ1) is 8.06. The van der Waals surface area contributed by atoms with Crippen molar-refractivity contribution < 1.29 is 0 Å². The second-order valence-electron chi connectivity index (χ2n) is 3.10. The molecular weight excluding hydrogens is 188 g/mol. The van der Waals surface area contributed by atoms with Crippen LogP contribution in [0.25, 0.3) is 0 Å². The van der Waals surface area contributed by atoms with Gasteiger partial charge in [-0.1, -0.05) is 48.0 Å². The predicted molar refractivity (Wildman–Crippen MR) is 49.1 cm³/mol. The molecule has 0 aromatic rings. The molecule has 1 unspecified atom stereocenters. The first-order valence-corrected chi connectivity index (χ1v) is 4.53. The summed E-state index contributed by atoms with van der Waals surface area (Å²) >= 11 is 3.47. The molecule has 1 heteroatoms. The Morgan fingerprint density at radius 2 is 2.30 bits per heavy atom. The molecule has 1 aliphatic carbocycles. The van der Waals surface area contributed by atoms with Gasteiger partial charge in [0, 0.05) is 4.48 Å². The molecule has 0 nitrogen and oxygen atoms in total. The van der Waals surface area contributed by atoms with Crippen molar-refractivity contribution in [2.45, 2.75) is 20.3 Å². The highest BCUT2D eigenvalue weighted by atomic mass is 79.9. The van der Waals surface area contributed by atoms with E-state index >= 15 is 0 Å². The summed E-state index contributed by atoms with van der Waals surface area (Å²) < 4.78 is 1.23. The maximum Gasteiger partial charge on any atom is 0.0135 e. The van der Waals surface area contributed by atoms with Crippen LogP contribution in [0.3, 0.4) is 0 Å². The quantitative estimate of drug-likeness (QED) is 0.609. The highest BCUT2D eigenvalue weighted by Gasteiger charge is 2.11. The van der Waals surface area contributed by atoms with Gasteiger partial charge in [0.2, 0.25) is 0 Å². The van der Waals surface area contributed by atoms with Crippen LogP contribution >= 0.6 is 15.9 Å². The lowest BCUT2D eigenvalue weighted by molar-refractivity contribution is 0.467. The Kier molecular flexibility index (Phi) is 2.72. The van der Waals surface area contributed by atoms with Crippen LogP contribution < -0.4 is 0 Å². The third-order valence-corrected chi connectivity index (χ3v) is 2.44. The molecule has 1 aliphatic rings. The Labute approximate surface area is 71.1 Å². The molecule has 0 saturated carbocycles. The minimum atomic E-state index is 0.736. The Morgan fingerprint density at radius 1 is 1.60 bits per heavy atom. The van der Waals surface area contributed by atoms with Gasteiger partial charge in [0.15, 0.2) is 0 Å². The minimum absolute atomic E-state index is 0.736. The third kappa shape index (κ3) is 1.98. The summed E-state index contributed by atoms with van der Waals surface area (Å²) in [6, 6.07) is 0. The van der Waals surface area contributed by atoms with Crippen molar-refractivity contribution in [3.8, 4) is 0 Å². The SMILES string of the molecule is CC(C)C1C=C(Br)C=CC1. The zero-order valence-electron chi connectivity index (χ0n) is 6.47. The van der Waals surface area contributed by atoms with Crippen molar-refractivity contribution in [1.82, 2.24) is 0 Å². The standard InChI is InChI=1S/C9H13Br/c1-7(2)8-4-3-5-9(10)6-8/h3,5-8H,4H2,1-2H3. The fourth-order valence-corrected chi connectivity index (χ4v) is 1.66. The van der Waals surface area contributed by atoms with Crippen molar-refractivity contribution in [3.63, 3.8) is 0 Å². The van der Waals surface area contributed by atoms with Crippen LogP contribution in [-0.2, 0) is 0 Å². The number of rotatable bonds is 1. The molecule has 0 aromatic heterocycles. The average molecular weight is 201 g/mol. The highest BCUT2D eigenvalue weighted by Crippen LogP contribution is 2.25. The van der Waals surface area contributed by atoms with Crippen molar-refractivity contribution in [2.75, 3.05) is 0 Å². The lowest BCUT2D eigenvalue weighted by Crippen LogP contribution is -2.06. The molecule has 56 valence electrons. The predicted octanol–water partition coefficient (Wildman–Crippen LogP) is 3.50. The van der Waals surface area contributed by atoms with E-state index in [9.17, 15) is 0 Å². The van der Waals surface area contributed by atoms with Crippen LogP contribution in [0, 0.1) is 11.8 Å². The van der Waals surface area contributed by atoms with Crippen LogP contribution in [0.15, 0.2) is 22.7 Å². The first-order chi connectivity index (χ1) is 4.70. The zero-order valence-corrected chi connectivity index (χ0v) is 8.06. The van der Waals surface area contributed by atoms with E-state index in [2.05, 4.69) is 48.0 Å². The number of halogens is 1. The fraction of sp³-hybridized carbons (Fsp3) is 0.556. The summed E-state index contributed by atoms with van der Waals surface area (Å²) in [4.78, 5) is 0. The van der Waals surface area contributed by atoms with E-state index in [1.165, 1.54) is 10.9 Å². The second-order valence-corrected chi connectivity index (χ2v) is 4.01. The molecule has 0 radical (unpaired) electrons. The van der Waals surface area contributed by atoms with Crippen molar-refractivity contribution in [3.05, 3.63) is 22.7 Å². The van der Waals surface area contributed by atoms with E-state index in [0.717, 1.165) is 11.8 Å². The zero-order chi connectivity index (χ0) is 7.56. The molecule has 0 spiro atoms. The largest absolute Gasteiger partial charge is 0.0828 e. The van der Waals surface area contributed by atoms with E-state index in [1.54, 1.807) is 0 Å². The summed E-state index contributed by atoms with van der Waals surface area (Å²) in [7, 11) is 0.